The van der Waals surface area contributed by atoms with Gasteiger partial charge in [-0.3, -0.25) is 4.79 Å². The lowest BCUT2D eigenvalue weighted by atomic mass is 10.1. The first kappa shape index (κ1) is 23.7. The number of amides is 1. The van der Waals surface area contributed by atoms with E-state index in [1.165, 1.54) is 0 Å². The maximum atomic E-state index is 12.6. The maximum Gasteiger partial charge on any atom is 0.326 e. The zero-order chi connectivity index (χ0) is 24.6. The molecule has 4 rings (SSSR count). The highest BCUT2D eigenvalue weighted by Crippen LogP contribution is 2.18. The third-order valence-electron chi connectivity index (χ3n) is 5.29. The minimum absolute atomic E-state index is 0.199. The van der Waals surface area contributed by atoms with Crippen molar-refractivity contribution in [1.29, 1.82) is 0 Å². The van der Waals surface area contributed by atoms with Crippen molar-refractivity contribution in [3.63, 3.8) is 0 Å². The normalized spacial score (nSPS) is 11.6. The van der Waals surface area contributed by atoms with Gasteiger partial charge in [0.1, 0.15) is 30.7 Å². The topological polar surface area (TPSA) is 111 Å². The number of rotatable bonds is 10. The van der Waals surface area contributed by atoms with Crippen LogP contribution in [0.5, 0.6) is 11.6 Å². The van der Waals surface area contributed by atoms with Crippen LogP contribution in [0.3, 0.4) is 0 Å². The van der Waals surface area contributed by atoms with Crippen LogP contribution in [-0.2, 0) is 11.2 Å². The molecule has 4 aromatic rings. The monoisotopic (exact) mass is 471 g/mol. The van der Waals surface area contributed by atoms with E-state index in [1.54, 1.807) is 24.3 Å². The van der Waals surface area contributed by atoms with Crippen LogP contribution in [0.15, 0.2) is 78.9 Å². The van der Waals surface area contributed by atoms with Gasteiger partial charge in [-0.1, -0.05) is 42.5 Å². The van der Waals surface area contributed by atoms with Crippen molar-refractivity contribution in [2.75, 3.05) is 13.2 Å². The number of hydrogen-bond acceptors (Lipinski definition) is 6. The van der Waals surface area contributed by atoms with Gasteiger partial charge in [-0.15, -0.1) is 0 Å². The van der Waals surface area contributed by atoms with E-state index in [9.17, 15) is 14.7 Å². The van der Waals surface area contributed by atoms with Crippen LogP contribution in [0.2, 0.25) is 0 Å². The summed E-state index contributed by atoms with van der Waals surface area (Å²) in [7, 11) is 0. The predicted octanol–water partition coefficient (Wildman–Crippen LogP) is 3.82. The molecule has 0 bridgehead atoms. The fourth-order valence-electron chi connectivity index (χ4n) is 3.50. The number of nitrogens with one attached hydrogen (secondary N) is 1. The number of aromatic nitrogens is 2. The van der Waals surface area contributed by atoms with E-state index in [1.807, 2.05) is 61.5 Å². The number of nitrogens with zero attached hydrogens (tertiary/aromatic N) is 2. The highest BCUT2D eigenvalue weighted by Gasteiger charge is 2.21. The van der Waals surface area contributed by atoms with Crippen LogP contribution < -0.4 is 14.8 Å². The molecule has 0 aliphatic carbocycles. The minimum Gasteiger partial charge on any atom is -0.490 e. The standard InChI is InChI=1S/C27H25N3O5/c1-18-26(30-23-10-6-5-9-22(23)28-18)35-16-15-34-21-13-11-20(12-14-21)25(31)29-24(27(32)33)17-19-7-3-2-4-8-19/h2-14,24H,15-17H2,1H3,(H,29,31)(H,32,33)/t24-/m0/s1. The summed E-state index contributed by atoms with van der Waals surface area (Å²) < 4.78 is 11.4. The third kappa shape index (κ3) is 6.32. The van der Waals surface area contributed by atoms with Gasteiger partial charge >= 0.3 is 5.97 Å². The van der Waals surface area contributed by atoms with Crippen molar-refractivity contribution in [2.45, 2.75) is 19.4 Å². The number of para-hydroxylation sites is 2. The quantitative estimate of drug-likeness (QED) is 0.338. The van der Waals surface area contributed by atoms with E-state index < -0.39 is 17.9 Å². The average Bonchev–Trinajstić information content (AvgIpc) is 2.87. The largest absolute Gasteiger partial charge is 0.490 e. The number of ether oxygens (including phenoxy) is 2. The second-order valence-electron chi connectivity index (χ2n) is 7.88. The molecule has 1 amide bonds. The van der Waals surface area contributed by atoms with E-state index >= 15 is 0 Å². The molecule has 0 spiro atoms. The van der Waals surface area contributed by atoms with Crippen molar-refractivity contribution in [2.24, 2.45) is 0 Å². The first-order valence-electron chi connectivity index (χ1n) is 11.2. The molecule has 178 valence electrons. The maximum absolute atomic E-state index is 12.6. The Morgan fingerprint density at radius 2 is 1.49 bits per heavy atom. The summed E-state index contributed by atoms with van der Waals surface area (Å²) in [5.41, 5.74) is 3.45. The number of carbonyl (C=O) groups excluding carboxylic acids is 1. The molecular formula is C27H25N3O5. The Hall–Kier alpha value is -4.46. The summed E-state index contributed by atoms with van der Waals surface area (Å²) in [5, 5.41) is 12.1. The molecule has 8 heteroatoms. The molecule has 0 aliphatic rings. The smallest absolute Gasteiger partial charge is 0.326 e. The highest BCUT2D eigenvalue weighted by molar-refractivity contribution is 5.96. The van der Waals surface area contributed by atoms with Crippen molar-refractivity contribution in [3.05, 3.63) is 95.7 Å². The van der Waals surface area contributed by atoms with E-state index in [2.05, 4.69) is 15.3 Å². The zero-order valence-electron chi connectivity index (χ0n) is 19.2. The molecule has 1 heterocycles. The van der Waals surface area contributed by atoms with Gasteiger partial charge < -0.3 is 19.9 Å². The van der Waals surface area contributed by atoms with Crippen LogP contribution >= 0.6 is 0 Å². The summed E-state index contributed by atoms with van der Waals surface area (Å²) in [6.07, 6.45) is 0.199. The Bertz CT molecular complexity index is 1310. The Balaban J connectivity index is 1.28. The Labute approximate surface area is 202 Å². The van der Waals surface area contributed by atoms with Crippen LogP contribution in [-0.4, -0.2) is 46.2 Å². The Morgan fingerprint density at radius 1 is 0.857 bits per heavy atom. The summed E-state index contributed by atoms with van der Waals surface area (Å²) in [6.45, 7) is 2.39. The second-order valence-corrected chi connectivity index (χ2v) is 7.88. The zero-order valence-corrected chi connectivity index (χ0v) is 19.2. The molecule has 8 nitrogen and oxygen atoms in total. The summed E-state index contributed by atoms with van der Waals surface area (Å²) in [4.78, 5) is 33.1. The fourth-order valence-corrected chi connectivity index (χ4v) is 3.50. The van der Waals surface area contributed by atoms with Crippen LogP contribution in [0.25, 0.3) is 11.0 Å². The number of fused-ring (bicyclic) bond motifs is 1. The number of carboxylic acid groups (broad SMARTS) is 1. The molecule has 0 fully saturated rings. The highest BCUT2D eigenvalue weighted by atomic mass is 16.5. The molecule has 35 heavy (non-hydrogen) atoms. The van der Waals surface area contributed by atoms with Crippen LogP contribution in [0.1, 0.15) is 21.6 Å². The predicted molar refractivity (Wildman–Crippen MR) is 131 cm³/mol. The fraction of sp³-hybridized carbons (Fsp3) is 0.185. The molecule has 0 radical (unpaired) electrons. The molecule has 0 aliphatic heterocycles. The van der Waals surface area contributed by atoms with Gasteiger partial charge in [-0.25, -0.2) is 14.8 Å². The van der Waals surface area contributed by atoms with Crippen molar-refractivity contribution in [3.8, 4) is 11.6 Å². The summed E-state index contributed by atoms with van der Waals surface area (Å²) in [5.74, 6) is -0.532. The summed E-state index contributed by atoms with van der Waals surface area (Å²) in [6, 6.07) is 22.2. The van der Waals surface area contributed by atoms with Gasteiger partial charge in [-0.2, -0.15) is 0 Å². The number of carboxylic acids is 1. The number of benzene rings is 3. The lowest BCUT2D eigenvalue weighted by Crippen LogP contribution is -2.42. The van der Waals surface area contributed by atoms with Gasteiger partial charge in [0.25, 0.3) is 5.91 Å². The van der Waals surface area contributed by atoms with Crippen LogP contribution in [0.4, 0.5) is 0 Å². The van der Waals surface area contributed by atoms with Crippen LogP contribution in [0, 0.1) is 6.92 Å². The lowest BCUT2D eigenvalue weighted by Gasteiger charge is -2.15. The van der Waals surface area contributed by atoms with Gasteiger partial charge in [0, 0.05) is 12.0 Å². The molecule has 0 saturated heterocycles. The van der Waals surface area contributed by atoms with Gasteiger partial charge in [-0.05, 0) is 48.9 Å². The van der Waals surface area contributed by atoms with E-state index in [-0.39, 0.29) is 19.6 Å². The number of aryl methyl sites for hydroxylation is 1. The Morgan fingerprint density at radius 3 is 2.17 bits per heavy atom. The lowest BCUT2D eigenvalue weighted by molar-refractivity contribution is -0.139. The Kier molecular flexibility index (Phi) is 7.52. The molecule has 2 N–H and O–H groups in total. The van der Waals surface area contributed by atoms with E-state index in [0.717, 1.165) is 16.6 Å². The van der Waals surface area contributed by atoms with E-state index in [4.69, 9.17) is 9.47 Å². The molecule has 1 atom stereocenters. The van der Waals surface area contributed by atoms with Crippen molar-refractivity contribution >= 4 is 22.9 Å². The molecule has 0 unspecified atom stereocenters. The second kappa shape index (κ2) is 11.1. The van der Waals surface area contributed by atoms with Crippen molar-refractivity contribution < 1.29 is 24.2 Å². The summed E-state index contributed by atoms with van der Waals surface area (Å²) >= 11 is 0. The first-order chi connectivity index (χ1) is 17.0. The first-order valence-corrected chi connectivity index (χ1v) is 11.2. The van der Waals surface area contributed by atoms with Gasteiger partial charge in [0.05, 0.1) is 11.0 Å². The average molecular weight is 472 g/mol. The number of carbonyl (C=O) groups is 2. The number of hydrogen-bond donors (Lipinski definition) is 2. The van der Waals surface area contributed by atoms with Gasteiger partial charge in [0.2, 0.25) is 5.88 Å². The van der Waals surface area contributed by atoms with Crippen molar-refractivity contribution in [1.82, 2.24) is 15.3 Å². The number of aliphatic carboxylic acids is 1. The molecule has 0 saturated carbocycles. The molecular weight excluding hydrogens is 446 g/mol. The third-order valence-corrected chi connectivity index (χ3v) is 5.29. The van der Waals surface area contributed by atoms with Gasteiger partial charge in [0.15, 0.2) is 0 Å². The SMILES string of the molecule is Cc1nc2ccccc2nc1OCCOc1ccc(C(=O)N[C@@H](Cc2ccccc2)C(=O)O)cc1. The van der Waals surface area contributed by atoms with E-state index in [0.29, 0.717) is 22.9 Å². The minimum atomic E-state index is -1.09. The molecule has 1 aromatic heterocycles. The molecule has 3 aromatic carbocycles.